The van der Waals surface area contributed by atoms with Crippen molar-refractivity contribution in [1.29, 1.82) is 0 Å². The SMILES string of the molecule is Cc1ccc(N2NC(=O)/C(=C/c3ccc(N(C)C)c(Br)c3)C2=O)cc1C. The molecule has 2 aromatic rings. The number of nitrogens with zero attached hydrogens (tertiary/aromatic N) is 2. The van der Waals surface area contributed by atoms with E-state index in [9.17, 15) is 9.59 Å². The van der Waals surface area contributed by atoms with Crippen molar-refractivity contribution >= 4 is 45.2 Å². The topological polar surface area (TPSA) is 52.7 Å². The van der Waals surface area contributed by atoms with Crippen molar-refractivity contribution < 1.29 is 9.59 Å². The highest BCUT2D eigenvalue weighted by molar-refractivity contribution is 9.10. The highest BCUT2D eigenvalue weighted by Crippen LogP contribution is 2.28. The number of halogens is 1. The standard InChI is InChI=1S/C20H20BrN3O2/c1-12-5-7-15(9-13(12)2)24-20(26)16(19(25)22-24)10-14-6-8-18(23(3)4)17(21)11-14/h5-11H,1-4H3,(H,22,25)/b16-10-. The van der Waals surface area contributed by atoms with Crippen LogP contribution in [0, 0.1) is 13.8 Å². The lowest BCUT2D eigenvalue weighted by Gasteiger charge is -2.16. The van der Waals surface area contributed by atoms with Gasteiger partial charge in [-0.3, -0.25) is 15.0 Å². The molecule has 1 saturated heterocycles. The zero-order valence-electron chi connectivity index (χ0n) is 15.1. The normalized spacial score (nSPS) is 15.6. The van der Waals surface area contributed by atoms with Gasteiger partial charge in [-0.2, -0.15) is 0 Å². The molecule has 1 heterocycles. The van der Waals surface area contributed by atoms with E-state index in [0.29, 0.717) is 5.69 Å². The van der Waals surface area contributed by atoms with Crippen LogP contribution in [-0.2, 0) is 9.59 Å². The van der Waals surface area contributed by atoms with Crippen molar-refractivity contribution in [2.45, 2.75) is 13.8 Å². The maximum Gasteiger partial charge on any atom is 0.282 e. The first-order valence-corrected chi connectivity index (χ1v) is 8.98. The van der Waals surface area contributed by atoms with E-state index in [1.807, 2.05) is 69.2 Å². The Morgan fingerprint density at radius 3 is 2.38 bits per heavy atom. The van der Waals surface area contributed by atoms with E-state index in [4.69, 9.17) is 0 Å². The van der Waals surface area contributed by atoms with Crippen molar-refractivity contribution in [1.82, 2.24) is 5.43 Å². The summed E-state index contributed by atoms with van der Waals surface area (Å²) in [6.07, 6.45) is 1.61. The molecule has 2 aromatic carbocycles. The van der Waals surface area contributed by atoms with Crippen LogP contribution in [0.5, 0.6) is 0 Å². The van der Waals surface area contributed by atoms with Crippen LogP contribution >= 0.6 is 15.9 Å². The Morgan fingerprint density at radius 1 is 1.04 bits per heavy atom. The van der Waals surface area contributed by atoms with Gasteiger partial charge in [0.1, 0.15) is 5.57 Å². The van der Waals surface area contributed by atoms with Gasteiger partial charge in [0, 0.05) is 18.6 Å². The largest absolute Gasteiger partial charge is 0.377 e. The molecule has 1 N–H and O–H groups in total. The fourth-order valence-electron chi connectivity index (χ4n) is 2.75. The van der Waals surface area contributed by atoms with Crippen molar-refractivity contribution in [3.63, 3.8) is 0 Å². The zero-order valence-corrected chi connectivity index (χ0v) is 16.7. The second-order valence-electron chi connectivity index (χ2n) is 6.51. The summed E-state index contributed by atoms with van der Waals surface area (Å²) in [7, 11) is 3.90. The van der Waals surface area contributed by atoms with E-state index < -0.39 is 5.91 Å². The number of hydrogen-bond acceptors (Lipinski definition) is 3. The van der Waals surface area contributed by atoms with E-state index in [0.717, 1.165) is 26.9 Å². The van der Waals surface area contributed by atoms with Crippen LogP contribution in [0.4, 0.5) is 11.4 Å². The van der Waals surface area contributed by atoms with Crippen molar-refractivity contribution in [2.75, 3.05) is 24.0 Å². The van der Waals surface area contributed by atoms with Gasteiger partial charge in [0.05, 0.1) is 11.4 Å². The van der Waals surface area contributed by atoms with Crippen LogP contribution in [0.3, 0.4) is 0 Å². The van der Waals surface area contributed by atoms with E-state index in [1.54, 1.807) is 6.08 Å². The second-order valence-corrected chi connectivity index (χ2v) is 7.37. The van der Waals surface area contributed by atoms with Gasteiger partial charge < -0.3 is 4.90 Å². The molecule has 2 amide bonds. The van der Waals surface area contributed by atoms with E-state index in [1.165, 1.54) is 5.01 Å². The Kier molecular flexibility index (Phi) is 4.87. The molecule has 5 nitrogen and oxygen atoms in total. The number of carbonyl (C=O) groups is 2. The van der Waals surface area contributed by atoms with Crippen molar-refractivity contribution in [2.24, 2.45) is 0 Å². The molecule has 134 valence electrons. The van der Waals surface area contributed by atoms with Gasteiger partial charge in [0.15, 0.2) is 0 Å². The Balaban J connectivity index is 1.92. The molecule has 1 aliphatic rings. The van der Waals surface area contributed by atoms with Crippen LogP contribution in [-0.4, -0.2) is 25.9 Å². The molecule has 0 radical (unpaired) electrons. The molecule has 0 atom stereocenters. The average molecular weight is 414 g/mol. The van der Waals surface area contributed by atoms with Crippen molar-refractivity contribution in [3.05, 3.63) is 63.1 Å². The summed E-state index contributed by atoms with van der Waals surface area (Å²) in [6.45, 7) is 3.98. The summed E-state index contributed by atoms with van der Waals surface area (Å²) in [5, 5.41) is 1.30. The maximum atomic E-state index is 12.7. The molecular formula is C20H20BrN3O2. The Morgan fingerprint density at radius 2 is 1.77 bits per heavy atom. The van der Waals surface area contributed by atoms with Crippen molar-refractivity contribution in [3.8, 4) is 0 Å². The number of anilines is 2. The lowest BCUT2D eigenvalue weighted by atomic mass is 10.1. The number of benzene rings is 2. The molecule has 6 heteroatoms. The molecule has 0 unspecified atom stereocenters. The lowest BCUT2D eigenvalue weighted by Crippen LogP contribution is -2.35. The first-order valence-electron chi connectivity index (χ1n) is 8.19. The van der Waals surface area contributed by atoms with E-state index >= 15 is 0 Å². The third-order valence-corrected chi connectivity index (χ3v) is 5.04. The molecular weight excluding hydrogens is 394 g/mol. The minimum atomic E-state index is -0.402. The fourth-order valence-corrected chi connectivity index (χ4v) is 3.50. The molecule has 3 rings (SSSR count). The van der Waals surface area contributed by atoms with Gasteiger partial charge >= 0.3 is 0 Å². The summed E-state index contributed by atoms with van der Waals surface area (Å²) >= 11 is 3.52. The third-order valence-electron chi connectivity index (χ3n) is 4.40. The van der Waals surface area contributed by atoms with Crippen LogP contribution < -0.4 is 15.3 Å². The first-order chi connectivity index (χ1) is 12.3. The molecule has 0 saturated carbocycles. The number of nitrogens with one attached hydrogen (secondary N) is 1. The summed E-state index contributed by atoms with van der Waals surface area (Å²) in [5.74, 6) is -0.757. The van der Waals surface area contributed by atoms with Gasteiger partial charge in [-0.1, -0.05) is 12.1 Å². The Labute approximate surface area is 161 Å². The minimum absolute atomic E-state index is 0.118. The first kappa shape index (κ1) is 18.2. The molecule has 0 bridgehead atoms. The number of hydrazine groups is 1. The zero-order chi connectivity index (χ0) is 19.0. The molecule has 0 aliphatic carbocycles. The molecule has 1 fully saturated rings. The summed E-state index contributed by atoms with van der Waals surface area (Å²) in [4.78, 5) is 27.0. The molecule has 0 spiro atoms. The Bertz CT molecular complexity index is 935. The average Bonchev–Trinajstić information content (AvgIpc) is 2.85. The van der Waals surface area contributed by atoms with E-state index in [-0.39, 0.29) is 11.5 Å². The van der Waals surface area contributed by atoms with Crippen LogP contribution in [0.15, 0.2) is 46.4 Å². The van der Waals surface area contributed by atoms with Gasteiger partial charge in [0.25, 0.3) is 11.8 Å². The number of rotatable bonds is 3. The monoisotopic (exact) mass is 413 g/mol. The minimum Gasteiger partial charge on any atom is -0.377 e. The highest BCUT2D eigenvalue weighted by Gasteiger charge is 2.34. The predicted molar refractivity (Wildman–Crippen MR) is 108 cm³/mol. The smallest absolute Gasteiger partial charge is 0.282 e. The summed E-state index contributed by atoms with van der Waals surface area (Å²) in [5.41, 5.74) is 7.40. The van der Waals surface area contributed by atoms with Gasteiger partial charge in [-0.25, -0.2) is 5.01 Å². The number of aryl methyl sites for hydroxylation is 2. The number of hydrogen-bond donors (Lipinski definition) is 1. The highest BCUT2D eigenvalue weighted by atomic mass is 79.9. The second kappa shape index (κ2) is 6.96. The molecule has 26 heavy (non-hydrogen) atoms. The quantitative estimate of drug-likeness (QED) is 0.617. The molecule has 1 aliphatic heterocycles. The predicted octanol–water partition coefficient (Wildman–Crippen LogP) is 3.59. The lowest BCUT2D eigenvalue weighted by molar-refractivity contribution is -0.117. The summed E-state index contributed by atoms with van der Waals surface area (Å²) < 4.78 is 0.897. The van der Waals surface area contributed by atoms with Crippen LogP contribution in [0.1, 0.15) is 16.7 Å². The van der Waals surface area contributed by atoms with Gasteiger partial charge in [0.2, 0.25) is 0 Å². The number of carbonyl (C=O) groups excluding carboxylic acids is 2. The fraction of sp³-hybridized carbons (Fsp3) is 0.200. The van der Waals surface area contributed by atoms with E-state index in [2.05, 4.69) is 21.4 Å². The van der Waals surface area contributed by atoms with Crippen LogP contribution in [0.2, 0.25) is 0 Å². The van der Waals surface area contributed by atoms with Gasteiger partial charge in [-0.15, -0.1) is 0 Å². The Hall–Kier alpha value is -2.60. The summed E-state index contributed by atoms with van der Waals surface area (Å²) in [6, 6.07) is 11.4. The number of amides is 2. The van der Waals surface area contributed by atoms with Gasteiger partial charge in [-0.05, 0) is 76.8 Å². The molecule has 0 aromatic heterocycles. The van der Waals surface area contributed by atoms with Crippen LogP contribution in [0.25, 0.3) is 6.08 Å². The maximum absolute atomic E-state index is 12.7. The third kappa shape index (κ3) is 3.37.